The second kappa shape index (κ2) is 15.2. The van der Waals surface area contributed by atoms with Crippen LogP contribution in [0.15, 0.2) is 127 Å². The number of fused-ring (bicyclic) bond motifs is 4. The molecule has 1 nitrogen and oxygen atoms in total. The summed E-state index contributed by atoms with van der Waals surface area (Å²) >= 11 is 0. The van der Waals surface area contributed by atoms with Gasteiger partial charge >= 0.3 is 0 Å². The fourth-order valence-corrected chi connectivity index (χ4v) is 11.4. The first-order valence-electron chi connectivity index (χ1n) is 22.8. The van der Waals surface area contributed by atoms with E-state index in [1.54, 1.807) is 0 Å². The van der Waals surface area contributed by atoms with Gasteiger partial charge in [-0.05, 0) is 213 Å². The number of benzene rings is 8. The smallest absolute Gasteiger partial charge is 0.247 e. The van der Waals surface area contributed by atoms with E-state index in [1.165, 1.54) is 150 Å². The van der Waals surface area contributed by atoms with Crippen molar-refractivity contribution in [2.75, 3.05) is 4.90 Å². The van der Waals surface area contributed by atoms with Gasteiger partial charge in [0, 0.05) is 17.1 Å². The van der Waals surface area contributed by atoms with Crippen molar-refractivity contribution in [1.82, 2.24) is 0 Å². The fraction of sp³-hybridized carbons (Fsp3) is 0.200. The number of hydrogen-bond donors (Lipinski definition) is 0. The molecule has 8 aromatic rings. The van der Waals surface area contributed by atoms with Crippen LogP contribution >= 0.6 is 0 Å². The molecule has 0 saturated carbocycles. The zero-order valence-corrected chi connectivity index (χ0v) is 39.2. The molecule has 0 bridgehead atoms. The Kier molecular flexibility index (Phi) is 9.83. The molecule has 2 aliphatic rings. The lowest BCUT2D eigenvalue weighted by Crippen LogP contribution is -2.66. The first-order valence-corrected chi connectivity index (χ1v) is 22.8. The lowest BCUT2D eigenvalue weighted by Gasteiger charge is -2.45. The van der Waals surface area contributed by atoms with E-state index in [0.717, 1.165) is 0 Å². The summed E-state index contributed by atoms with van der Waals surface area (Å²) in [5.41, 5.74) is 36.3. The van der Waals surface area contributed by atoms with Gasteiger partial charge in [0.1, 0.15) is 0 Å². The Morgan fingerprint density at radius 1 is 0.286 bits per heavy atom. The normalized spacial score (nSPS) is 12.7. The molecule has 10 rings (SSSR count). The molecule has 3 heteroatoms. The van der Waals surface area contributed by atoms with Gasteiger partial charge in [0.15, 0.2) is 0 Å². The monoisotopic (exact) mass is 813 g/mol. The van der Waals surface area contributed by atoms with E-state index < -0.39 is 0 Å². The average Bonchev–Trinajstić information content (AvgIpc) is 3.30. The zero-order valence-electron chi connectivity index (χ0n) is 39.2. The molecule has 63 heavy (non-hydrogen) atoms. The van der Waals surface area contributed by atoms with Crippen molar-refractivity contribution in [3.05, 3.63) is 194 Å². The maximum absolute atomic E-state index is 2.67. The Morgan fingerprint density at radius 2 is 0.603 bits per heavy atom. The second-order valence-electron chi connectivity index (χ2n) is 18.9. The molecule has 0 radical (unpaired) electrons. The van der Waals surface area contributed by atoms with Gasteiger partial charge in [0.25, 0.3) is 0 Å². The average molecular weight is 814 g/mol. The van der Waals surface area contributed by atoms with Gasteiger partial charge in [-0.1, -0.05) is 130 Å². The van der Waals surface area contributed by atoms with Crippen LogP contribution in [0, 0.1) is 83.1 Å². The number of hydrogen-bond acceptors (Lipinski definition) is 1. The minimum Gasteiger partial charge on any atom is -0.313 e. The van der Waals surface area contributed by atoms with Crippen LogP contribution in [0.2, 0.25) is 0 Å². The first-order chi connectivity index (χ1) is 30.2. The highest BCUT2D eigenvalue weighted by Crippen LogP contribution is 2.41. The van der Waals surface area contributed by atoms with Crippen LogP contribution in [0.3, 0.4) is 0 Å². The fourth-order valence-electron chi connectivity index (χ4n) is 11.4. The van der Waals surface area contributed by atoms with Crippen molar-refractivity contribution in [2.45, 2.75) is 83.1 Å². The predicted molar refractivity (Wildman–Crippen MR) is 276 cm³/mol. The third-order valence-corrected chi connectivity index (χ3v) is 15.7. The number of nitrogens with zero attached hydrogens (tertiary/aromatic N) is 1. The second-order valence-corrected chi connectivity index (χ2v) is 18.9. The van der Waals surface area contributed by atoms with Gasteiger partial charge in [-0.2, -0.15) is 0 Å². The number of rotatable bonds is 5. The number of anilines is 3. The summed E-state index contributed by atoms with van der Waals surface area (Å²) in [6, 6.07) is 48.7. The van der Waals surface area contributed by atoms with Crippen molar-refractivity contribution < 1.29 is 0 Å². The van der Waals surface area contributed by atoms with Gasteiger partial charge in [0.2, 0.25) is 13.4 Å². The Balaban J connectivity index is 1.39. The molecular formula is C60H57B2N. The van der Waals surface area contributed by atoms with Gasteiger partial charge < -0.3 is 4.90 Å². The van der Waals surface area contributed by atoms with E-state index >= 15 is 0 Å². The Labute approximate surface area is 377 Å². The number of aryl methyl sites for hydroxylation is 2. The van der Waals surface area contributed by atoms with Gasteiger partial charge in [-0.25, -0.2) is 0 Å². The summed E-state index contributed by atoms with van der Waals surface area (Å²) in [5.74, 6) is 0. The SMILES string of the molecule is Cc1ccc2c(c1)N1c3cc(C)ccc3B(c3c(C)c(C)c(C)c(C)c3C)c3cc(-c4cc(-c5ccccc5)cc(-c5ccccc5)c4)cc(c31)B2c1c(C)c(C)c(C)c(C)c1C. The highest BCUT2D eigenvalue weighted by Gasteiger charge is 2.45. The van der Waals surface area contributed by atoms with E-state index in [4.69, 9.17) is 0 Å². The van der Waals surface area contributed by atoms with Crippen molar-refractivity contribution in [3.63, 3.8) is 0 Å². The molecule has 0 unspecified atom stereocenters. The Hall–Kier alpha value is -6.31. The summed E-state index contributed by atoms with van der Waals surface area (Å²) in [6.45, 7) is 28.0. The zero-order chi connectivity index (χ0) is 44.2. The molecule has 0 saturated heterocycles. The van der Waals surface area contributed by atoms with Crippen LogP contribution < -0.4 is 37.7 Å². The predicted octanol–water partition coefficient (Wildman–Crippen LogP) is 11.5. The van der Waals surface area contributed by atoms with Crippen molar-refractivity contribution in [2.24, 2.45) is 0 Å². The minimum absolute atomic E-state index is 0.0325. The van der Waals surface area contributed by atoms with Crippen molar-refractivity contribution in [3.8, 4) is 33.4 Å². The molecule has 0 amide bonds. The first kappa shape index (κ1) is 40.7. The van der Waals surface area contributed by atoms with Crippen LogP contribution in [0.4, 0.5) is 17.1 Å². The molecular weight excluding hydrogens is 756 g/mol. The lowest BCUT2D eigenvalue weighted by atomic mass is 9.29. The molecule has 8 aromatic carbocycles. The molecule has 0 atom stereocenters. The van der Waals surface area contributed by atoms with Crippen LogP contribution in [0.1, 0.15) is 66.8 Å². The quantitative estimate of drug-likeness (QED) is 0.157. The summed E-state index contributed by atoms with van der Waals surface area (Å²) in [7, 11) is 0. The standard InChI is InChI=1S/C60H57B2N/c1-34-23-25-52-56(27-34)63-57-28-35(2)24-26-53(57)62(59-44(11)40(7)37(4)41(8)45(59)12)55-33-51(32-54(60(55)63)61(52)58-42(9)38(5)36(3)39(6)43(58)10)50-30-48(46-19-15-13-16-20-46)29-49(31-50)47-21-17-14-18-22-47/h13-33H,1-12H3. The van der Waals surface area contributed by atoms with E-state index in [0.29, 0.717) is 0 Å². The Morgan fingerprint density at radius 3 is 0.968 bits per heavy atom. The Bertz CT molecular complexity index is 2930. The van der Waals surface area contributed by atoms with Crippen LogP contribution in [0.5, 0.6) is 0 Å². The summed E-state index contributed by atoms with van der Waals surface area (Å²) in [4.78, 5) is 2.67. The summed E-state index contributed by atoms with van der Waals surface area (Å²) < 4.78 is 0. The highest BCUT2D eigenvalue weighted by molar-refractivity contribution is 7.02. The van der Waals surface area contributed by atoms with E-state index in [9.17, 15) is 0 Å². The summed E-state index contributed by atoms with van der Waals surface area (Å²) in [6.07, 6.45) is 0. The van der Waals surface area contributed by atoms with Crippen LogP contribution in [-0.2, 0) is 0 Å². The molecule has 0 spiro atoms. The van der Waals surface area contributed by atoms with Crippen LogP contribution in [0.25, 0.3) is 33.4 Å². The minimum atomic E-state index is 0.0325. The molecule has 2 aliphatic heterocycles. The van der Waals surface area contributed by atoms with Gasteiger partial charge in [-0.15, -0.1) is 0 Å². The van der Waals surface area contributed by atoms with Crippen LogP contribution in [-0.4, -0.2) is 13.4 Å². The maximum Gasteiger partial charge on any atom is 0.247 e. The van der Waals surface area contributed by atoms with Gasteiger partial charge in [0.05, 0.1) is 0 Å². The summed E-state index contributed by atoms with van der Waals surface area (Å²) in [5, 5.41) is 0. The van der Waals surface area contributed by atoms with E-state index in [1.807, 2.05) is 0 Å². The molecule has 308 valence electrons. The molecule has 0 fully saturated rings. The third-order valence-electron chi connectivity index (χ3n) is 15.7. The molecule has 0 aromatic heterocycles. The van der Waals surface area contributed by atoms with Crippen molar-refractivity contribution in [1.29, 1.82) is 0 Å². The lowest BCUT2D eigenvalue weighted by molar-refractivity contribution is 1.19. The molecule has 0 aliphatic carbocycles. The third kappa shape index (κ3) is 6.30. The van der Waals surface area contributed by atoms with E-state index in [-0.39, 0.29) is 13.4 Å². The molecule has 0 N–H and O–H groups in total. The van der Waals surface area contributed by atoms with E-state index in [2.05, 4.69) is 215 Å². The van der Waals surface area contributed by atoms with Gasteiger partial charge in [-0.3, -0.25) is 0 Å². The maximum atomic E-state index is 2.67. The largest absolute Gasteiger partial charge is 0.313 e. The highest BCUT2D eigenvalue weighted by atomic mass is 15.2. The molecule has 2 heterocycles. The topological polar surface area (TPSA) is 3.24 Å². The van der Waals surface area contributed by atoms with Crippen molar-refractivity contribution >= 4 is 63.3 Å².